The molecule has 24 atom stereocenters. The first-order chi connectivity index (χ1) is 68.6. The van der Waals surface area contributed by atoms with Crippen molar-refractivity contribution in [3.63, 3.8) is 0 Å². The average molecular weight is 1970 g/mol. The summed E-state index contributed by atoms with van der Waals surface area (Å²) >= 11 is 2.21. The molecule has 24 unspecified atom stereocenters. The number of piperidine rings is 6. The molecule has 0 aromatic rings. The van der Waals surface area contributed by atoms with Gasteiger partial charge in [0.2, 0.25) is 0 Å². The standard InChI is InChI=1S/3C8H14.6C7H13N.C7H12O.C7H12S.C7H12.2C6H11NO.2C6H11N.2C6H10O.CH4/c1-2-8-5-3-7(1)4-6-8;2*1-2-7-4-5-8(3-1)6-7;1-2-7-5-6(1)3-4-8-7;1-2-7-3-5-8(4-1)6-7;1-2-6-4-7(3-1)8-5-6;3*1-2-6-4-5-7(3-1)8-6;2*1-3-7-4-2-6(1)5-8-7;1-2-7-4-3-6(1)5-7;1-2-6-4-7-3-5(1)8-6;1-2-7-3-4-8-6(1)5-7;1-2-6-3-5(1)4-7-6;1-2-6-4-3-5(1)7-6;1-2-6-3-5(1)4-7-6;1-2-6-4-3-5(1)7-6;/h3*7-8H,1-6H2;6-8H,1-5H2;7H,1-6H2;4*6-8H,1-5H2;2*6-7H,1-5H2;6-7H,1-5H2;5-7H,1-4H2;6H,1-5H2;2*5-7H,1-4H2;2*5-6H,1-4H2;1H4. The van der Waals surface area contributed by atoms with Crippen LogP contribution in [-0.2, 0) is 23.7 Å². The Hall–Kier alpha value is -0.250. The Morgan fingerprint density at radius 2 is 0.550 bits per heavy atom. The molecule has 15 aliphatic carbocycles. The lowest BCUT2D eigenvalue weighted by Gasteiger charge is -2.35. The number of fused-ring (bicyclic) bond motifs is 39. The second-order valence-electron chi connectivity index (χ2n) is 53.9. The van der Waals surface area contributed by atoms with Crippen LogP contribution in [0.4, 0.5) is 0 Å². The first-order valence-corrected chi connectivity index (χ1v) is 64.8. The van der Waals surface area contributed by atoms with Crippen molar-refractivity contribution in [3.8, 4) is 0 Å². The Morgan fingerprint density at radius 1 is 0.200 bits per heavy atom. The molecule has 15 nitrogen and oxygen atoms in total. The minimum atomic E-state index is 0. The Morgan fingerprint density at radius 3 is 0.850 bits per heavy atom. The van der Waals surface area contributed by atoms with Crippen molar-refractivity contribution in [2.24, 2.45) is 88.8 Å². The van der Waals surface area contributed by atoms with Gasteiger partial charge in [0.05, 0.1) is 49.3 Å². The van der Waals surface area contributed by atoms with Gasteiger partial charge in [0, 0.05) is 124 Å². The SMILES string of the molecule is C.C1CC2CC1CN2.C1CC2CC1CO2.C1CC2CCC(C1)C2.C1CC2CCC(C1)C2.C1CC2CCC(C1)N2.C1CC2CCC(C1)N2.C1CC2CCC(C1)N2.C1CC2CCC(C2)N1.C1CC2CCC1C2.C1CC2CCC1CC2.C1CC2CCC1CO2.C1CC2CCC1CS2.C1CC2CCC1N2.C1CC2CCC1O2.C1CC2CCN(C1)C2.C1CC2CNC(C1)C2.C1CC2CNCC1O2.C1CN2CCC(C2)O1. The summed E-state index contributed by atoms with van der Waals surface area (Å²) in [5, 5.41) is 29.2. The molecule has 24 saturated heterocycles. The number of nitrogens with one attached hydrogen (secondary N) is 8. The van der Waals surface area contributed by atoms with E-state index in [9.17, 15) is 0 Å². The summed E-state index contributed by atoms with van der Waals surface area (Å²) in [4.78, 5) is 5.06. The second kappa shape index (κ2) is 59.3. The summed E-state index contributed by atoms with van der Waals surface area (Å²) in [7, 11) is 0. The Labute approximate surface area is 865 Å². The molecule has 39 fully saturated rings. The van der Waals surface area contributed by atoms with Crippen LogP contribution >= 0.6 is 11.8 Å². The lowest BCUT2D eigenvalue weighted by molar-refractivity contribution is -0.0615. The molecule has 24 heterocycles. The smallest absolute Gasteiger partial charge is 0.0714 e. The van der Waals surface area contributed by atoms with Crippen molar-refractivity contribution in [2.45, 2.75) is 597 Å². The van der Waals surface area contributed by atoms with Gasteiger partial charge in [-0.3, -0.25) is 4.90 Å². The lowest BCUT2D eigenvalue weighted by Crippen LogP contribution is -2.38. The zero-order valence-electron chi connectivity index (χ0n) is 89.9. The summed E-state index contributed by atoms with van der Waals surface area (Å²) in [6, 6.07) is 10.1. The van der Waals surface area contributed by atoms with Crippen molar-refractivity contribution in [1.29, 1.82) is 0 Å². The maximum atomic E-state index is 5.53. The fourth-order valence-electron chi connectivity index (χ4n) is 34.3. The van der Waals surface area contributed by atoms with E-state index in [1.54, 1.807) is 135 Å². The van der Waals surface area contributed by atoms with Gasteiger partial charge in [-0.15, -0.1) is 0 Å². The van der Waals surface area contributed by atoms with Crippen LogP contribution in [-0.4, -0.2) is 222 Å². The molecule has 39 aliphatic rings. The van der Waals surface area contributed by atoms with Gasteiger partial charge >= 0.3 is 0 Å². The molecule has 0 spiro atoms. The quantitative estimate of drug-likeness (QED) is 0.116. The van der Waals surface area contributed by atoms with Crippen LogP contribution in [0.25, 0.3) is 0 Å². The molecular weight excluding hydrogens is 1740 g/mol. The van der Waals surface area contributed by atoms with Crippen molar-refractivity contribution < 1.29 is 23.7 Å². The maximum absolute atomic E-state index is 5.53. The van der Waals surface area contributed by atoms with Crippen molar-refractivity contribution >= 4 is 11.8 Å². The van der Waals surface area contributed by atoms with E-state index in [0.29, 0.717) is 42.7 Å². The van der Waals surface area contributed by atoms with E-state index >= 15 is 0 Å². The van der Waals surface area contributed by atoms with Crippen LogP contribution in [0.3, 0.4) is 0 Å². The normalized spacial score (nSPS) is 45.4. The molecule has 15 saturated carbocycles. The fourth-order valence-corrected chi connectivity index (χ4v) is 35.8. The number of thioether (sulfide) groups is 1. The predicted octanol–water partition coefficient (Wildman–Crippen LogP) is 26.1. The number of morpholine rings is 2. The molecule has 24 aliphatic heterocycles. The van der Waals surface area contributed by atoms with E-state index in [1.165, 1.54) is 410 Å². The number of nitrogens with zero attached hydrogens (tertiary/aromatic N) is 2. The van der Waals surface area contributed by atoms with E-state index in [4.69, 9.17) is 23.7 Å². The third-order valence-electron chi connectivity index (χ3n) is 43.3. The largest absolute Gasteiger partial charge is 0.378 e. The van der Waals surface area contributed by atoms with E-state index in [1.807, 2.05) is 0 Å². The second-order valence-corrected chi connectivity index (χ2v) is 55.3. The Balaban J connectivity index is 0.0000000981. The monoisotopic (exact) mass is 1970 g/mol. The van der Waals surface area contributed by atoms with Gasteiger partial charge in [0.15, 0.2) is 0 Å². The number of ether oxygens (including phenoxy) is 5. The highest BCUT2D eigenvalue weighted by atomic mass is 32.2. The van der Waals surface area contributed by atoms with Crippen molar-refractivity contribution in [2.75, 3.05) is 97.6 Å². The third-order valence-corrected chi connectivity index (χ3v) is 44.9. The number of hydrogen-bond donors (Lipinski definition) is 8. The van der Waals surface area contributed by atoms with Crippen LogP contribution in [0.2, 0.25) is 0 Å². The van der Waals surface area contributed by atoms with Crippen molar-refractivity contribution in [1.82, 2.24) is 52.3 Å². The summed E-state index contributed by atoms with van der Waals surface area (Å²) in [5.74, 6) is 18.1. The fraction of sp³-hybridized carbons (Fsp3) is 1.00. The van der Waals surface area contributed by atoms with E-state index in [0.717, 1.165) is 188 Å². The first kappa shape index (κ1) is 109. The van der Waals surface area contributed by atoms with E-state index in [-0.39, 0.29) is 7.43 Å². The number of rotatable bonds is 0. The minimum Gasteiger partial charge on any atom is -0.378 e. The highest BCUT2D eigenvalue weighted by Crippen LogP contribution is 2.48. The molecule has 39 rings (SSSR count). The Bertz CT molecular complexity index is 2370. The van der Waals surface area contributed by atoms with Crippen LogP contribution in [0, 0.1) is 88.8 Å². The summed E-state index contributed by atoms with van der Waals surface area (Å²) < 4.78 is 27.3. The van der Waals surface area contributed by atoms with Crippen LogP contribution in [0.1, 0.15) is 483 Å². The molecule has 140 heavy (non-hydrogen) atoms. The molecular formula is C124H224N10O5S. The summed E-state index contributed by atoms with van der Waals surface area (Å²) in [6.45, 7) is 17.0. The zero-order chi connectivity index (χ0) is 93.6. The summed E-state index contributed by atoms with van der Waals surface area (Å²) in [5.41, 5.74) is 0. The highest BCUT2D eigenvalue weighted by molar-refractivity contribution is 8.00. The third kappa shape index (κ3) is 36.8. The molecule has 0 radical (unpaired) electrons. The first-order valence-electron chi connectivity index (χ1n) is 63.8. The minimum absolute atomic E-state index is 0. The zero-order valence-corrected chi connectivity index (χ0v) is 90.7. The molecule has 0 aromatic carbocycles. The van der Waals surface area contributed by atoms with Crippen LogP contribution in [0.15, 0.2) is 0 Å². The molecule has 8 N–H and O–H groups in total. The molecule has 16 heteroatoms. The van der Waals surface area contributed by atoms with Gasteiger partial charge in [-0.2, -0.15) is 11.8 Å². The summed E-state index contributed by atoms with van der Waals surface area (Å²) in [6.07, 6.45) is 113. The van der Waals surface area contributed by atoms with E-state index in [2.05, 4.69) is 64.1 Å². The lowest BCUT2D eigenvalue weighted by atomic mass is 9.71. The van der Waals surface area contributed by atoms with Gasteiger partial charge < -0.3 is 71.1 Å². The maximum Gasteiger partial charge on any atom is 0.0714 e. The van der Waals surface area contributed by atoms with Gasteiger partial charge in [-0.25, -0.2) is 0 Å². The molecule has 806 valence electrons. The van der Waals surface area contributed by atoms with Gasteiger partial charge in [0.25, 0.3) is 0 Å². The van der Waals surface area contributed by atoms with Gasteiger partial charge in [0.1, 0.15) is 0 Å². The molecule has 0 amide bonds. The highest BCUT2D eigenvalue weighted by Gasteiger charge is 2.41. The predicted molar refractivity (Wildman–Crippen MR) is 587 cm³/mol. The average Bonchev–Trinajstić information content (AvgIpc) is 1.84. The van der Waals surface area contributed by atoms with Gasteiger partial charge in [-0.1, -0.05) is 162 Å². The van der Waals surface area contributed by atoms with Gasteiger partial charge in [-0.05, 0) is 448 Å². The Kier molecular flexibility index (Phi) is 46.4. The molecule has 0 aromatic heterocycles. The van der Waals surface area contributed by atoms with Crippen molar-refractivity contribution in [3.05, 3.63) is 0 Å². The van der Waals surface area contributed by atoms with E-state index < -0.39 is 0 Å². The van der Waals surface area contributed by atoms with Crippen LogP contribution < -0.4 is 42.5 Å². The molecule has 36 bridgehead atoms. The van der Waals surface area contributed by atoms with Crippen LogP contribution in [0.5, 0.6) is 0 Å². The topological polar surface area (TPSA) is 149 Å². The number of hydrogen-bond acceptors (Lipinski definition) is 16.